The van der Waals surface area contributed by atoms with Crippen LogP contribution < -0.4 is 0 Å². The molecule has 2 aromatic rings. The van der Waals surface area contributed by atoms with E-state index >= 15 is 0 Å². The molecule has 0 unspecified atom stereocenters. The van der Waals surface area contributed by atoms with Gasteiger partial charge in [-0.15, -0.1) is 11.3 Å². The molecule has 0 N–H and O–H groups in total. The van der Waals surface area contributed by atoms with Crippen molar-refractivity contribution < 1.29 is 18.0 Å². The zero-order valence-electron chi connectivity index (χ0n) is 9.15. The predicted molar refractivity (Wildman–Crippen MR) is 59.5 cm³/mol. The number of thiazole rings is 1. The molecule has 0 fully saturated rings. The molecular formula is C11H7F3N2OS. The van der Waals surface area contributed by atoms with Gasteiger partial charge in [0.25, 0.3) is 0 Å². The lowest BCUT2D eigenvalue weighted by atomic mass is 10.1. The average Bonchev–Trinajstić information content (AvgIpc) is 2.77. The van der Waals surface area contributed by atoms with E-state index in [0.717, 1.165) is 6.20 Å². The molecule has 0 aliphatic rings. The second-order valence-corrected chi connectivity index (χ2v) is 4.56. The third-order valence-electron chi connectivity index (χ3n) is 2.20. The van der Waals surface area contributed by atoms with Gasteiger partial charge in [0.05, 0.1) is 4.88 Å². The second kappa shape index (κ2) is 4.49. The summed E-state index contributed by atoms with van der Waals surface area (Å²) in [5, 5.41) is -1.03. The maximum absolute atomic E-state index is 12.4. The number of hydrogen-bond donors (Lipinski definition) is 0. The molecule has 0 saturated carbocycles. The molecule has 0 saturated heterocycles. The van der Waals surface area contributed by atoms with Crippen molar-refractivity contribution in [1.29, 1.82) is 0 Å². The maximum atomic E-state index is 12.4. The van der Waals surface area contributed by atoms with E-state index in [9.17, 15) is 18.0 Å². The van der Waals surface area contributed by atoms with Crippen molar-refractivity contribution >= 4 is 17.1 Å². The number of rotatable bonds is 2. The van der Waals surface area contributed by atoms with Crippen LogP contribution in [0, 0.1) is 6.92 Å². The zero-order valence-corrected chi connectivity index (χ0v) is 9.97. The van der Waals surface area contributed by atoms with Crippen molar-refractivity contribution in [2.24, 2.45) is 0 Å². The summed E-state index contributed by atoms with van der Waals surface area (Å²) in [5.74, 6) is -0.541. The third-order valence-corrected chi connectivity index (χ3v) is 3.24. The molecule has 0 bridgehead atoms. The van der Waals surface area contributed by atoms with Gasteiger partial charge < -0.3 is 0 Å². The van der Waals surface area contributed by atoms with Gasteiger partial charge in [-0.1, -0.05) is 6.07 Å². The van der Waals surface area contributed by atoms with Crippen LogP contribution in [0.3, 0.4) is 0 Å². The van der Waals surface area contributed by atoms with E-state index in [4.69, 9.17) is 0 Å². The Bertz CT molecular complexity index is 592. The number of nitrogens with zero attached hydrogens (tertiary/aromatic N) is 2. The first-order valence-electron chi connectivity index (χ1n) is 4.89. The summed E-state index contributed by atoms with van der Waals surface area (Å²) in [6, 6.07) is 3.33. The van der Waals surface area contributed by atoms with Crippen molar-refractivity contribution in [1.82, 2.24) is 9.97 Å². The first-order chi connectivity index (χ1) is 8.39. The number of carbonyl (C=O) groups excluding carboxylic acids is 1. The lowest BCUT2D eigenvalue weighted by molar-refractivity contribution is -0.137. The molecule has 0 aliphatic heterocycles. The highest BCUT2D eigenvalue weighted by atomic mass is 32.1. The van der Waals surface area contributed by atoms with Crippen LogP contribution in [0.1, 0.15) is 25.9 Å². The minimum Gasteiger partial charge on any atom is -0.286 e. The second-order valence-electron chi connectivity index (χ2n) is 3.53. The third kappa shape index (κ3) is 2.40. The number of carbonyl (C=O) groups is 1. The molecule has 0 spiro atoms. The molecule has 0 radical (unpaired) electrons. The highest BCUT2D eigenvalue weighted by molar-refractivity contribution is 7.13. The molecule has 0 amide bonds. The van der Waals surface area contributed by atoms with E-state index in [1.165, 1.54) is 6.20 Å². The van der Waals surface area contributed by atoms with E-state index < -0.39 is 17.0 Å². The van der Waals surface area contributed by atoms with Gasteiger partial charge in [-0.05, 0) is 18.6 Å². The van der Waals surface area contributed by atoms with Gasteiger partial charge in [-0.3, -0.25) is 9.78 Å². The van der Waals surface area contributed by atoms with E-state index in [2.05, 4.69) is 9.97 Å². The summed E-state index contributed by atoms with van der Waals surface area (Å²) in [7, 11) is 0. The normalized spacial score (nSPS) is 11.6. The van der Waals surface area contributed by atoms with Crippen LogP contribution in [0.15, 0.2) is 24.5 Å². The fraction of sp³-hybridized carbons (Fsp3) is 0.182. The molecule has 3 nitrogen and oxygen atoms in total. The molecule has 18 heavy (non-hydrogen) atoms. The van der Waals surface area contributed by atoms with E-state index in [-0.39, 0.29) is 10.6 Å². The number of ketones is 1. The predicted octanol–water partition coefficient (Wildman–Crippen LogP) is 3.10. The summed E-state index contributed by atoms with van der Waals surface area (Å²) >= 11 is 0.326. The van der Waals surface area contributed by atoms with Crippen LogP contribution in [0.25, 0.3) is 0 Å². The van der Waals surface area contributed by atoms with Gasteiger partial charge in [0.15, 0.2) is 5.01 Å². The van der Waals surface area contributed by atoms with E-state index in [1.54, 1.807) is 19.1 Å². The van der Waals surface area contributed by atoms with Crippen LogP contribution in [-0.4, -0.2) is 15.8 Å². The molecule has 7 heteroatoms. The van der Waals surface area contributed by atoms with Gasteiger partial charge in [0, 0.05) is 12.4 Å². The molecular weight excluding hydrogens is 265 g/mol. The summed E-state index contributed by atoms with van der Waals surface area (Å²) in [6.07, 6.45) is -2.17. The number of pyridine rings is 1. The Hall–Kier alpha value is -1.76. The summed E-state index contributed by atoms with van der Waals surface area (Å²) < 4.78 is 37.1. The van der Waals surface area contributed by atoms with Crippen molar-refractivity contribution in [3.8, 4) is 0 Å². The van der Waals surface area contributed by atoms with Crippen LogP contribution in [0.5, 0.6) is 0 Å². The smallest absolute Gasteiger partial charge is 0.286 e. The van der Waals surface area contributed by atoms with Crippen molar-refractivity contribution in [3.05, 3.63) is 45.7 Å². The molecule has 94 valence electrons. The zero-order chi connectivity index (χ0) is 13.3. The minimum absolute atomic E-state index is 0.0656. The number of halogens is 3. The molecule has 0 atom stereocenters. The summed E-state index contributed by atoms with van der Waals surface area (Å²) in [5.41, 5.74) is 0.763. The first kappa shape index (κ1) is 12.7. The monoisotopic (exact) mass is 272 g/mol. The highest BCUT2D eigenvalue weighted by Gasteiger charge is 2.35. The Morgan fingerprint density at radius 3 is 2.61 bits per heavy atom. The molecule has 2 aromatic heterocycles. The SMILES string of the molecule is Cc1cccnc1C(=O)c1cnc(C(F)(F)F)s1. The standard InChI is InChI=1S/C11H7F3N2OS/c1-6-3-2-4-15-8(6)9(17)7-5-16-10(18-7)11(12,13)14/h2-5H,1H3. The first-order valence-corrected chi connectivity index (χ1v) is 5.70. The Morgan fingerprint density at radius 2 is 2.06 bits per heavy atom. The number of hydrogen-bond acceptors (Lipinski definition) is 4. The Morgan fingerprint density at radius 1 is 1.33 bits per heavy atom. The summed E-state index contributed by atoms with van der Waals surface area (Å²) in [6.45, 7) is 1.67. The largest absolute Gasteiger partial charge is 0.443 e. The fourth-order valence-corrected chi connectivity index (χ4v) is 2.07. The van der Waals surface area contributed by atoms with Gasteiger partial charge in [0.1, 0.15) is 5.69 Å². The molecule has 0 aromatic carbocycles. The van der Waals surface area contributed by atoms with Crippen molar-refractivity contribution in [2.45, 2.75) is 13.1 Å². The average molecular weight is 272 g/mol. The Kier molecular flexibility index (Phi) is 3.16. The van der Waals surface area contributed by atoms with Gasteiger partial charge in [-0.25, -0.2) is 4.98 Å². The van der Waals surface area contributed by atoms with Crippen LogP contribution in [0.4, 0.5) is 13.2 Å². The van der Waals surface area contributed by atoms with Gasteiger partial charge in [-0.2, -0.15) is 13.2 Å². The van der Waals surface area contributed by atoms with Gasteiger partial charge >= 0.3 is 6.18 Å². The van der Waals surface area contributed by atoms with Crippen LogP contribution >= 0.6 is 11.3 Å². The molecule has 2 heterocycles. The quantitative estimate of drug-likeness (QED) is 0.789. The lowest BCUT2D eigenvalue weighted by Crippen LogP contribution is -2.04. The number of aryl methyl sites for hydroxylation is 1. The molecule has 2 rings (SSSR count). The Balaban J connectivity index is 2.36. The van der Waals surface area contributed by atoms with Crippen molar-refractivity contribution in [2.75, 3.05) is 0 Å². The van der Waals surface area contributed by atoms with Crippen LogP contribution in [-0.2, 0) is 6.18 Å². The van der Waals surface area contributed by atoms with E-state index in [1.807, 2.05) is 0 Å². The summed E-state index contributed by atoms with van der Waals surface area (Å²) in [4.78, 5) is 19.0. The lowest BCUT2D eigenvalue weighted by Gasteiger charge is -2.01. The number of aromatic nitrogens is 2. The fourth-order valence-electron chi connectivity index (χ4n) is 1.35. The van der Waals surface area contributed by atoms with Crippen molar-refractivity contribution in [3.63, 3.8) is 0 Å². The maximum Gasteiger partial charge on any atom is 0.443 e. The van der Waals surface area contributed by atoms with Crippen LogP contribution in [0.2, 0.25) is 0 Å². The highest BCUT2D eigenvalue weighted by Crippen LogP contribution is 2.33. The topological polar surface area (TPSA) is 42.9 Å². The number of alkyl halides is 3. The Labute approximate surface area is 104 Å². The molecule has 0 aliphatic carbocycles. The minimum atomic E-state index is -4.53. The van der Waals surface area contributed by atoms with Gasteiger partial charge in [0.2, 0.25) is 5.78 Å². The van der Waals surface area contributed by atoms with E-state index in [0.29, 0.717) is 16.9 Å².